The van der Waals surface area contributed by atoms with Crippen LogP contribution in [-0.4, -0.2) is 74.5 Å². The molecule has 8 nitrogen and oxygen atoms in total. The van der Waals surface area contributed by atoms with Gasteiger partial charge in [-0.1, -0.05) is 12.1 Å². The van der Waals surface area contributed by atoms with Crippen molar-refractivity contribution < 1.29 is 19.0 Å². The first-order valence-corrected chi connectivity index (χ1v) is 10.4. The van der Waals surface area contributed by atoms with Crippen molar-refractivity contribution in [2.24, 2.45) is 0 Å². The van der Waals surface area contributed by atoms with E-state index >= 15 is 0 Å². The number of aromatic hydroxyl groups is 1. The number of hydrogen-bond acceptors (Lipinski definition) is 8. The molecular weight excluding hydrogens is 386 g/mol. The van der Waals surface area contributed by atoms with Crippen LogP contribution in [0.3, 0.4) is 0 Å². The molecule has 162 valence electrons. The van der Waals surface area contributed by atoms with Crippen LogP contribution in [0.15, 0.2) is 39.7 Å². The molecule has 2 saturated heterocycles. The summed E-state index contributed by atoms with van der Waals surface area (Å²) in [4.78, 5) is 18.9. The van der Waals surface area contributed by atoms with Gasteiger partial charge in [0.2, 0.25) is 0 Å². The Labute approximate surface area is 176 Å². The van der Waals surface area contributed by atoms with E-state index in [1.165, 1.54) is 6.26 Å². The molecule has 1 N–H and O–H groups in total. The molecular formula is C22H29N3O5. The summed E-state index contributed by atoms with van der Waals surface area (Å²) in [5.41, 5.74) is 1.62. The normalized spacial score (nSPS) is 18.5. The second-order valence-electron chi connectivity index (χ2n) is 7.70. The molecule has 0 radical (unpaired) electrons. The number of morpholine rings is 1. The zero-order valence-electron chi connectivity index (χ0n) is 17.4. The summed E-state index contributed by atoms with van der Waals surface area (Å²) in [6, 6.07) is 8.04. The van der Waals surface area contributed by atoms with Crippen LogP contribution in [0.4, 0.5) is 5.69 Å². The van der Waals surface area contributed by atoms with Crippen LogP contribution >= 0.6 is 0 Å². The lowest BCUT2D eigenvalue weighted by atomic mass is 10.1. The van der Waals surface area contributed by atoms with Crippen molar-refractivity contribution in [3.8, 4) is 11.5 Å². The molecule has 4 rings (SSSR count). The summed E-state index contributed by atoms with van der Waals surface area (Å²) in [6.07, 6.45) is 1.40. The van der Waals surface area contributed by atoms with E-state index in [0.29, 0.717) is 37.4 Å². The molecule has 0 bridgehead atoms. The Hall–Kier alpha value is -2.55. The van der Waals surface area contributed by atoms with Crippen molar-refractivity contribution >= 4 is 5.69 Å². The highest BCUT2D eigenvalue weighted by atomic mass is 16.5. The second kappa shape index (κ2) is 9.51. The molecule has 0 amide bonds. The van der Waals surface area contributed by atoms with Gasteiger partial charge in [0.05, 0.1) is 31.6 Å². The van der Waals surface area contributed by atoms with Crippen molar-refractivity contribution in [1.29, 1.82) is 0 Å². The fourth-order valence-corrected chi connectivity index (χ4v) is 4.06. The first-order valence-electron chi connectivity index (χ1n) is 10.4. The van der Waals surface area contributed by atoms with Crippen molar-refractivity contribution in [3.63, 3.8) is 0 Å². The molecule has 2 aliphatic rings. The van der Waals surface area contributed by atoms with Crippen molar-refractivity contribution in [2.75, 3.05) is 64.5 Å². The summed E-state index contributed by atoms with van der Waals surface area (Å²) in [5.74, 6) is 0.936. The predicted molar refractivity (Wildman–Crippen MR) is 113 cm³/mol. The van der Waals surface area contributed by atoms with E-state index in [9.17, 15) is 9.90 Å². The second-order valence-corrected chi connectivity index (χ2v) is 7.70. The molecule has 2 fully saturated rings. The van der Waals surface area contributed by atoms with Gasteiger partial charge in [-0.25, -0.2) is 4.79 Å². The van der Waals surface area contributed by atoms with Crippen LogP contribution < -0.4 is 15.3 Å². The van der Waals surface area contributed by atoms with Crippen molar-refractivity contribution in [3.05, 3.63) is 52.1 Å². The van der Waals surface area contributed by atoms with Crippen molar-refractivity contribution in [2.45, 2.75) is 13.1 Å². The Balaban J connectivity index is 1.40. The molecule has 0 atom stereocenters. The van der Waals surface area contributed by atoms with Gasteiger partial charge >= 0.3 is 5.63 Å². The fourth-order valence-electron chi connectivity index (χ4n) is 4.06. The molecule has 1 aromatic carbocycles. The van der Waals surface area contributed by atoms with Crippen LogP contribution in [0.5, 0.6) is 11.5 Å². The third-order valence-electron chi connectivity index (χ3n) is 5.82. The first-order chi connectivity index (χ1) is 14.7. The van der Waals surface area contributed by atoms with Crippen LogP contribution in [-0.2, 0) is 17.8 Å². The lowest BCUT2D eigenvalue weighted by Gasteiger charge is -2.36. The van der Waals surface area contributed by atoms with E-state index in [0.717, 1.165) is 50.7 Å². The maximum absolute atomic E-state index is 12.2. The summed E-state index contributed by atoms with van der Waals surface area (Å²) in [5, 5.41) is 10.8. The minimum Gasteiger partial charge on any atom is -0.507 e. The van der Waals surface area contributed by atoms with Gasteiger partial charge in [-0.3, -0.25) is 9.80 Å². The maximum Gasteiger partial charge on any atom is 0.343 e. The molecule has 0 unspecified atom stereocenters. The molecule has 1 aromatic heterocycles. The Bertz CT molecular complexity index is 902. The number of anilines is 1. The van der Waals surface area contributed by atoms with E-state index in [-0.39, 0.29) is 5.75 Å². The highest BCUT2D eigenvalue weighted by molar-refractivity contribution is 5.58. The fraction of sp³-hybridized carbons (Fsp3) is 0.500. The third kappa shape index (κ3) is 4.61. The van der Waals surface area contributed by atoms with E-state index in [4.69, 9.17) is 13.9 Å². The quantitative estimate of drug-likeness (QED) is 0.761. The van der Waals surface area contributed by atoms with Gasteiger partial charge < -0.3 is 23.9 Å². The number of methoxy groups -OCH3 is 1. The Morgan fingerprint density at radius 3 is 2.43 bits per heavy atom. The first kappa shape index (κ1) is 20.7. The number of ether oxygens (including phenoxy) is 2. The molecule has 2 aromatic rings. The summed E-state index contributed by atoms with van der Waals surface area (Å²) >= 11 is 0. The average Bonchev–Trinajstić information content (AvgIpc) is 2.80. The third-order valence-corrected chi connectivity index (χ3v) is 5.82. The lowest BCUT2D eigenvalue weighted by molar-refractivity contribution is 0.0333. The Kier molecular flexibility index (Phi) is 6.56. The van der Waals surface area contributed by atoms with Gasteiger partial charge in [-0.05, 0) is 12.1 Å². The lowest BCUT2D eigenvalue weighted by Crippen LogP contribution is -2.46. The minimum absolute atomic E-state index is 0.0601. The van der Waals surface area contributed by atoms with Gasteiger partial charge in [0, 0.05) is 57.9 Å². The van der Waals surface area contributed by atoms with Gasteiger partial charge in [0.1, 0.15) is 17.8 Å². The highest BCUT2D eigenvalue weighted by Gasteiger charge is 2.23. The molecule has 0 aliphatic carbocycles. The Morgan fingerprint density at radius 2 is 1.70 bits per heavy atom. The summed E-state index contributed by atoms with van der Waals surface area (Å²) < 4.78 is 16.1. The molecule has 8 heteroatoms. The number of hydrogen-bond donors (Lipinski definition) is 1. The monoisotopic (exact) mass is 415 g/mol. The zero-order valence-corrected chi connectivity index (χ0v) is 17.4. The van der Waals surface area contributed by atoms with Crippen LogP contribution in [0, 0.1) is 0 Å². The summed E-state index contributed by atoms with van der Waals surface area (Å²) in [7, 11) is 1.69. The molecule has 3 heterocycles. The SMILES string of the molecule is COc1ccccc1N1CCN(Cc2coc(=O)c(CN3CCOCC3)c2O)CC1. The van der Waals surface area contributed by atoms with E-state index in [1.54, 1.807) is 7.11 Å². The maximum atomic E-state index is 12.2. The van der Waals surface area contributed by atoms with Crippen molar-refractivity contribution in [1.82, 2.24) is 9.80 Å². The van der Waals surface area contributed by atoms with Gasteiger partial charge in [-0.15, -0.1) is 0 Å². The Morgan fingerprint density at radius 1 is 1.00 bits per heavy atom. The molecule has 2 aliphatic heterocycles. The smallest absolute Gasteiger partial charge is 0.343 e. The van der Waals surface area contributed by atoms with Crippen LogP contribution in [0.1, 0.15) is 11.1 Å². The number of benzene rings is 1. The highest BCUT2D eigenvalue weighted by Crippen LogP contribution is 2.29. The van der Waals surface area contributed by atoms with Crippen LogP contribution in [0.25, 0.3) is 0 Å². The standard InChI is InChI=1S/C22H29N3O5/c1-28-20-5-3-2-4-19(20)25-8-6-23(7-9-25)14-17-16-30-22(27)18(21(17)26)15-24-10-12-29-13-11-24/h2-5,16,26H,6-15H2,1H3. The zero-order chi connectivity index (χ0) is 20.9. The molecule has 0 spiro atoms. The molecule has 30 heavy (non-hydrogen) atoms. The number of nitrogens with zero attached hydrogens (tertiary/aromatic N) is 3. The largest absolute Gasteiger partial charge is 0.507 e. The number of rotatable bonds is 6. The average molecular weight is 415 g/mol. The topological polar surface area (TPSA) is 78.6 Å². The number of para-hydroxylation sites is 2. The summed E-state index contributed by atoms with van der Waals surface area (Å²) in [6.45, 7) is 7.10. The van der Waals surface area contributed by atoms with Gasteiger partial charge in [0.25, 0.3) is 0 Å². The van der Waals surface area contributed by atoms with Gasteiger partial charge in [-0.2, -0.15) is 0 Å². The van der Waals surface area contributed by atoms with Crippen LogP contribution in [0.2, 0.25) is 0 Å². The minimum atomic E-state index is -0.469. The molecule has 0 saturated carbocycles. The number of piperazine rings is 1. The van der Waals surface area contributed by atoms with E-state index < -0.39 is 5.63 Å². The predicted octanol–water partition coefficient (Wildman–Crippen LogP) is 1.51. The van der Waals surface area contributed by atoms with E-state index in [1.807, 2.05) is 18.2 Å². The van der Waals surface area contributed by atoms with Gasteiger partial charge in [0.15, 0.2) is 0 Å². The van der Waals surface area contributed by atoms with E-state index in [2.05, 4.69) is 20.8 Å².